The van der Waals surface area contributed by atoms with Gasteiger partial charge in [0.15, 0.2) is 0 Å². The lowest BCUT2D eigenvalue weighted by Crippen LogP contribution is -2.44. The molecule has 1 heterocycles. The van der Waals surface area contributed by atoms with Crippen molar-refractivity contribution in [2.75, 3.05) is 6.61 Å². The van der Waals surface area contributed by atoms with Crippen LogP contribution in [0.1, 0.15) is 37.8 Å². The molecule has 1 aromatic rings. The van der Waals surface area contributed by atoms with Crippen LogP contribution in [0.2, 0.25) is 0 Å². The predicted octanol–water partition coefficient (Wildman–Crippen LogP) is 1.78. The molecule has 0 aromatic carbocycles. The number of carbonyl (C=O) groups excluding carboxylic acids is 1. The van der Waals surface area contributed by atoms with E-state index in [9.17, 15) is 4.79 Å². The van der Waals surface area contributed by atoms with Crippen molar-refractivity contribution in [2.45, 2.75) is 37.5 Å². The molecule has 16 heavy (non-hydrogen) atoms. The van der Waals surface area contributed by atoms with Gasteiger partial charge in [0.1, 0.15) is 5.41 Å². The highest BCUT2D eigenvalue weighted by atomic mass is 16.5. The molecule has 0 radical (unpaired) electrons. The van der Waals surface area contributed by atoms with E-state index in [-0.39, 0.29) is 5.97 Å². The lowest BCUT2D eigenvalue weighted by atomic mass is 9.66. The Morgan fingerprint density at radius 2 is 2.38 bits per heavy atom. The topological polar surface area (TPSA) is 55.0 Å². The van der Waals surface area contributed by atoms with Crippen LogP contribution in [0.3, 0.4) is 0 Å². The summed E-state index contributed by atoms with van der Waals surface area (Å²) >= 11 is 0. The maximum atomic E-state index is 12.1. The first kappa shape index (κ1) is 9.87. The molecule has 3 rings (SSSR count). The summed E-state index contributed by atoms with van der Waals surface area (Å²) in [5, 5.41) is 6.84. The molecule has 0 atom stereocenters. The third-order valence-electron chi connectivity index (χ3n) is 3.76. The van der Waals surface area contributed by atoms with E-state index < -0.39 is 5.41 Å². The van der Waals surface area contributed by atoms with Crippen LogP contribution >= 0.6 is 0 Å². The minimum atomic E-state index is -0.411. The van der Waals surface area contributed by atoms with Crippen molar-refractivity contribution in [1.29, 1.82) is 0 Å². The summed E-state index contributed by atoms with van der Waals surface area (Å²) in [5.41, 5.74) is 0.505. The fraction of sp³-hybridized carbons (Fsp3) is 0.667. The van der Waals surface area contributed by atoms with Crippen LogP contribution in [-0.2, 0) is 14.9 Å². The molecular formula is C12H16N2O2. The fourth-order valence-electron chi connectivity index (χ4n) is 2.25. The van der Waals surface area contributed by atoms with Crippen LogP contribution in [0.4, 0.5) is 0 Å². The number of ether oxygens (including phenoxy) is 1. The predicted molar refractivity (Wildman–Crippen MR) is 57.8 cm³/mol. The second kappa shape index (κ2) is 3.61. The van der Waals surface area contributed by atoms with Crippen molar-refractivity contribution < 1.29 is 9.53 Å². The first-order chi connectivity index (χ1) is 7.81. The molecule has 0 unspecified atom stereocenters. The monoisotopic (exact) mass is 220 g/mol. The molecule has 4 heteroatoms. The zero-order valence-corrected chi connectivity index (χ0v) is 9.24. The summed E-state index contributed by atoms with van der Waals surface area (Å²) in [6.45, 7) is 0.606. The number of aromatic amines is 1. The maximum absolute atomic E-state index is 12.1. The Labute approximate surface area is 94.4 Å². The van der Waals surface area contributed by atoms with E-state index in [2.05, 4.69) is 10.2 Å². The van der Waals surface area contributed by atoms with Gasteiger partial charge in [0.25, 0.3) is 0 Å². The SMILES string of the molecule is O=C(OCC1CC1)C1(c2ccn[nH]2)CCC1. The average molecular weight is 220 g/mol. The standard InChI is InChI=1S/C12H16N2O2/c15-11(16-8-9-2-3-9)12(5-1-6-12)10-4-7-13-14-10/h4,7,9H,1-3,5-6,8H2,(H,13,14). The molecule has 2 aliphatic carbocycles. The van der Waals surface area contributed by atoms with Crippen LogP contribution in [0.5, 0.6) is 0 Å². The Kier molecular flexibility index (Phi) is 2.23. The Balaban J connectivity index is 1.71. The van der Waals surface area contributed by atoms with Crippen molar-refractivity contribution in [3.8, 4) is 0 Å². The van der Waals surface area contributed by atoms with Gasteiger partial charge in [-0.25, -0.2) is 0 Å². The second-order valence-corrected chi connectivity index (χ2v) is 4.95. The van der Waals surface area contributed by atoms with E-state index in [0.29, 0.717) is 12.5 Å². The molecule has 0 bridgehead atoms. The number of nitrogens with one attached hydrogen (secondary N) is 1. The smallest absolute Gasteiger partial charge is 0.318 e. The summed E-state index contributed by atoms with van der Waals surface area (Å²) in [7, 11) is 0. The van der Waals surface area contributed by atoms with E-state index in [4.69, 9.17) is 4.74 Å². The van der Waals surface area contributed by atoms with Gasteiger partial charge in [0.05, 0.1) is 12.3 Å². The number of hydrogen-bond acceptors (Lipinski definition) is 3. The van der Waals surface area contributed by atoms with Gasteiger partial charge in [0.2, 0.25) is 0 Å². The molecule has 2 aliphatic rings. The van der Waals surface area contributed by atoms with Gasteiger partial charge in [-0.1, -0.05) is 6.42 Å². The number of aromatic nitrogens is 2. The van der Waals surface area contributed by atoms with Crippen LogP contribution in [-0.4, -0.2) is 22.8 Å². The first-order valence-corrected chi connectivity index (χ1v) is 5.98. The van der Waals surface area contributed by atoms with Gasteiger partial charge in [0, 0.05) is 6.20 Å². The number of H-pyrrole nitrogens is 1. The van der Waals surface area contributed by atoms with E-state index in [1.165, 1.54) is 12.8 Å². The number of esters is 1. The summed E-state index contributed by atoms with van der Waals surface area (Å²) in [4.78, 5) is 12.1. The number of nitrogens with zero attached hydrogens (tertiary/aromatic N) is 1. The van der Waals surface area contributed by atoms with Crippen molar-refractivity contribution in [3.63, 3.8) is 0 Å². The lowest BCUT2D eigenvalue weighted by Gasteiger charge is -2.38. The third kappa shape index (κ3) is 1.52. The van der Waals surface area contributed by atoms with Crippen molar-refractivity contribution in [1.82, 2.24) is 10.2 Å². The molecule has 0 aliphatic heterocycles. The fourth-order valence-corrected chi connectivity index (χ4v) is 2.25. The molecule has 0 spiro atoms. The Morgan fingerprint density at radius 1 is 1.56 bits per heavy atom. The zero-order chi connectivity index (χ0) is 11.0. The second-order valence-electron chi connectivity index (χ2n) is 4.95. The molecule has 1 N–H and O–H groups in total. The minimum Gasteiger partial charge on any atom is -0.465 e. The molecule has 0 amide bonds. The van der Waals surface area contributed by atoms with E-state index in [0.717, 1.165) is 25.0 Å². The van der Waals surface area contributed by atoms with Crippen LogP contribution in [0.25, 0.3) is 0 Å². The van der Waals surface area contributed by atoms with Gasteiger partial charge in [-0.15, -0.1) is 0 Å². The maximum Gasteiger partial charge on any atom is 0.318 e. The van der Waals surface area contributed by atoms with Gasteiger partial charge >= 0.3 is 5.97 Å². The quantitative estimate of drug-likeness (QED) is 0.787. The Morgan fingerprint density at radius 3 is 2.88 bits per heavy atom. The minimum absolute atomic E-state index is 0.0603. The highest BCUT2D eigenvalue weighted by Gasteiger charge is 2.48. The molecule has 0 saturated heterocycles. The van der Waals surface area contributed by atoms with Crippen LogP contribution in [0.15, 0.2) is 12.3 Å². The molecular weight excluding hydrogens is 204 g/mol. The molecule has 1 aromatic heterocycles. The Hall–Kier alpha value is -1.32. The summed E-state index contributed by atoms with van der Waals surface area (Å²) in [5.74, 6) is 0.567. The number of carbonyl (C=O) groups is 1. The van der Waals surface area contributed by atoms with E-state index in [1.54, 1.807) is 6.20 Å². The largest absolute Gasteiger partial charge is 0.465 e. The van der Waals surface area contributed by atoms with Crippen LogP contribution in [0, 0.1) is 5.92 Å². The van der Waals surface area contributed by atoms with Gasteiger partial charge in [-0.3, -0.25) is 9.89 Å². The Bertz CT molecular complexity index is 378. The molecule has 2 saturated carbocycles. The lowest BCUT2D eigenvalue weighted by molar-refractivity contribution is -0.155. The third-order valence-corrected chi connectivity index (χ3v) is 3.76. The normalized spacial score (nSPS) is 22.5. The number of rotatable bonds is 4. The molecule has 4 nitrogen and oxygen atoms in total. The van der Waals surface area contributed by atoms with Crippen molar-refractivity contribution in [2.24, 2.45) is 5.92 Å². The van der Waals surface area contributed by atoms with Crippen molar-refractivity contribution in [3.05, 3.63) is 18.0 Å². The summed E-state index contributed by atoms with van der Waals surface area (Å²) in [6, 6.07) is 1.89. The highest BCUT2D eigenvalue weighted by Crippen LogP contribution is 2.44. The summed E-state index contributed by atoms with van der Waals surface area (Å²) in [6.07, 6.45) is 6.99. The number of hydrogen-bond donors (Lipinski definition) is 1. The van der Waals surface area contributed by atoms with Gasteiger partial charge in [-0.05, 0) is 37.7 Å². The molecule has 2 fully saturated rings. The van der Waals surface area contributed by atoms with Crippen molar-refractivity contribution >= 4 is 5.97 Å². The average Bonchev–Trinajstić information content (AvgIpc) is 2.90. The van der Waals surface area contributed by atoms with Crippen LogP contribution < -0.4 is 0 Å². The first-order valence-electron chi connectivity index (χ1n) is 5.98. The summed E-state index contributed by atoms with van der Waals surface area (Å²) < 4.78 is 5.41. The zero-order valence-electron chi connectivity index (χ0n) is 9.24. The van der Waals surface area contributed by atoms with E-state index >= 15 is 0 Å². The van der Waals surface area contributed by atoms with Gasteiger partial charge in [-0.2, -0.15) is 5.10 Å². The highest BCUT2D eigenvalue weighted by molar-refractivity contribution is 5.83. The molecule has 86 valence electrons. The van der Waals surface area contributed by atoms with Gasteiger partial charge < -0.3 is 4.74 Å². The van der Waals surface area contributed by atoms with E-state index in [1.807, 2.05) is 6.07 Å².